The van der Waals surface area contributed by atoms with Gasteiger partial charge in [-0.25, -0.2) is 0 Å². The molecule has 0 radical (unpaired) electrons. The van der Waals surface area contributed by atoms with Crippen LogP contribution < -0.4 is 9.44 Å². The van der Waals surface area contributed by atoms with Gasteiger partial charge in [-0.1, -0.05) is 12.8 Å². The number of hydrogen-bond donors (Lipinski definition) is 2. The Bertz CT molecular complexity index is 39.5. The molecule has 2 N–H and O–H groups in total. The van der Waals surface area contributed by atoms with Crippen LogP contribution in [0.2, 0.25) is 0 Å². The van der Waals surface area contributed by atoms with Gasteiger partial charge in [-0.05, 0) is 12.8 Å². The highest BCUT2D eigenvalue weighted by molar-refractivity contribution is 7.95. The van der Waals surface area contributed by atoms with Crippen LogP contribution >= 0.6 is 12.1 Å². The molecule has 1 saturated heterocycles. The average molecular weight is 146 g/mol. The zero-order valence-corrected chi connectivity index (χ0v) is 6.47. The summed E-state index contributed by atoms with van der Waals surface area (Å²) < 4.78 is 6.47. The van der Waals surface area contributed by atoms with Crippen LogP contribution in [0.3, 0.4) is 0 Å². The lowest BCUT2D eigenvalue weighted by atomic mass is 10.2. The first-order chi connectivity index (χ1) is 4.50. The maximum atomic E-state index is 3.23. The van der Waals surface area contributed by atoms with E-state index >= 15 is 0 Å². The molecule has 0 spiro atoms. The number of rotatable bonds is 0. The van der Waals surface area contributed by atoms with Crippen LogP contribution in [0.25, 0.3) is 0 Å². The fraction of sp³-hybridized carbons (Fsp3) is 1.00. The summed E-state index contributed by atoms with van der Waals surface area (Å²) in [6.07, 6.45) is 5.42. The zero-order chi connectivity index (χ0) is 6.36. The molecule has 54 valence electrons. The molecule has 1 aliphatic rings. The maximum Gasteiger partial charge on any atom is 0.00705 e. The Morgan fingerprint density at radius 2 is 1.33 bits per heavy atom. The summed E-state index contributed by atoms with van der Waals surface area (Å²) in [7, 11) is 0. The lowest BCUT2D eigenvalue weighted by Gasteiger charge is -1.99. The summed E-state index contributed by atoms with van der Waals surface area (Å²) in [6, 6.07) is 0. The van der Waals surface area contributed by atoms with Gasteiger partial charge in [0.25, 0.3) is 0 Å². The third-order valence-electron chi connectivity index (χ3n) is 1.45. The molecule has 0 aliphatic carbocycles. The van der Waals surface area contributed by atoms with Crippen LogP contribution in [0.1, 0.15) is 25.7 Å². The topological polar surface area (TPSA) is 24.1 Å². The third-order valence-corrected chi connectivity index (χ3v) is 2.15. The van der Waals surface area contributed by atoms with Crippen molar-refractivity contribution in [2.24, 2.45) is 0 Å². The molecule has 0 atom stereocenters. The summed E-state index contributed by atoms with van der Waals surface area (Å²) in [6.45, 7) is 2.30. The smallest absolute Gasteiger partial charge is 0.00705 e. The monoisotopic (exact) mass is 146 g/mol. The normalized spacial score (nSPS) is 24.0. The molecule has 0 aromatic carbocycles. The Morgan fingerprint density at radius 1 is 0.778 bits per heavy atom. The molecule has 0 aromatic heterocycles. The number of hydrogen-bond acceptors (Lipinski definition) is 3. The fourth-order valence-electron chi connectivity index (χ4n) is 0.901. The minimum absolute atomic E-state index is 1.15. The van der Waals surface area contributed by atoms with E-state index in [4.69, 9.17) is 0 Å². The first-order valence-electron chi connectivity index (χ1n) is 3.62. The summed E-state index contributed by atoms with van der Waals surface area (Å²) >= 11 is 1.64. The highest BCUT2D eigenvalue weighted by Gasteiger charge is 1.94. The van der Waals surface area contributed by atoms with Crippen LogP contribution in [0.15, 0.2) is 0 Å². The van der Waals surface area contributed by atoms with Gasteiger partial charge < -0.3 is 0 Å². The lowest BCUT2D eigenvalue weighted by molar-refractivity contribution is 0.647. The van der Waals surface area contributed by atoms with Gasteiger partial charge in [0.2, 0.25) is 0 Å². The average Bonchev–Trinajstić information content (AvgIpc) is 2.00. The van der Waals surface area contributed by atoms with Gasteiger partial charge in [0.1, 0.15) is 0 Å². The summed E-state index contributed by atoms with van der Waals surface area (Å²) in [5.74, 6) is 0. The zero-order valence-electron chi connectivity index (χ0n) is 5.65. The van der Waals surface area contributed by atoms with Crippen molar-refractivity contribution in [1.29, 1.82) is 0 Å². The SMILES string of the molecule is C1CCCNSNCC1. The molecule has 3 heteroatoms. The fourth-order valence-corrected chi connectivity index (χ4v) is 1.50. The lowest BCUT2D eigenvalue weighted by Crippen LogP contribution is -2.13. The molecule has 0 unspecified atom stereocenters. The predicted octanol–water partition coefficient (Wildman–Crippen LogP) is 1.30. The van der Waals surface area contributed by atoms with Crippen LogP contribution in [-0.4, -0.2) is 13.1 Å². The van der Waals surface area contributed by atoms with Gasteiger partial charge in [0.15, 0.2) is 0 Å². The first-order valence-corrected chi connectivity index (χ1v) is 4.43. The van der Waals surface area contributed by atoms with E-state index in [1.807, 2.05) is 0 Å². The van der Waals surface area contributed by atoms with Crippen molar-refractivity contribution in [2.45, 2.75) is 25.7 Å². The highest BCUT2D eigenvalue weighted by Crippen LogP contribution is 2.01. The van der Waals surface area contributed by atoms with Gasteiger partial charge in [-0.3, -0.25) is 9.44 Å². The van der Waals surface area contributed by atoms with E-state index in [1.165, 1.54) is 25.7 Å². The predicted molar refractivity (Wildman–Crippen MR) is 42.1 cm³/mol. The molecule has 0 saturated carbocycles. The van der Waals surface area contributed by atoms with Crippen LogP contribution in [0.4, 0.5) is 0 Å². The van der Waals surface area contributed by atoms with Gasteiger partial charge in [-0.2, -0.15) is 0 Å². The van der Waals surface area contributed by atoms with Gasteiger partial charge in [0.05, 0.1) is 0 Å². The van der Waals surface area contributed by atoms with Crippen LogP contribution in [0.5, 0.6) is 0 Å². The molecule has 1 aliphatic heterocycles. The van der Waals surface area contributed by atoms with Crippen molar-refractivity contribution in [2.75, 3.05) is 13.1 Å². The second-order valence-electron chi connectivity index (χ2n) is 2.30. The van der Waals surface area contributed by atoms with Crippen molar-refractivity contribution < 1.29 is 0 Å². The van der Waals surface area contributed by atoms with Crippen molar-refractivity contribution >= 4 is 12.1 Å². The van der Waals surface area contributed by atoms with Crippen molar-refractivity contribution in [3.05, 3.63) is 0 Å². The second-order valence-corrected chi connectivity index (χ2v) is 3.09. The molecular formula is C6H14N2S. The van der Waals surface area contributed by atoms with E-state index in [-0.39, 0.29) is 0 Å². The molecule has 1 heterocycles. The summed E-state index contributed by atoms with van der Waals surface area (Å²) in [5.41, 5.74) is 0. The summed E-state index contributed by atoms with van der Waals surface area (Å²) in [5, 5.41) is 0. The Kier molecular flexibility index (Phi) is 4.17. The molecule has 9 heavy (non-hydrogen) atoms. The molecule has 2 nitrogen and oxygen atoms in total. The molecule has 0 aromatic rings. The number of nitrogens with one attached hydrogen (secondary N) is 2. The largest absolute Gasteiger partial charge is 0.251 e. The second kappa shape index (κ2) is 5.09. The van der Waals surface area contributed by atoms with Gasteiger partial charge >= 0.3 is 0 Å². The van der Waals surface area contributed by atoms with E-state index in [2.05, 4.69) is 9.44 Å². The van der Waals surface area contributed by atoms with Crippen molar-refractivity contribution in [3.63, 3.8) is 0 Å². The highest BCUT2D eigenvalue weighted by atomic mass is 32.2. The Balaban J connectivity index is 2.02. The maximum absolute atomic E-state index is 3.23. The molecular weight excluding hydrogens is 132 g/mol. The summed E-state index contributed by atoms with van der Waals surface area (Å²) in [4.78, 5) is 0. The van der Waals surface area contributed by atoms with Gasteiger partial charge in [0, 0.05) is 25.2 Å². The Labute approximate surface area is 61.1 Å². The van der Waals surface area contributed by atoms with Gasteiger partial charge in [-0.15, -0.1) is 0 Å². The third kappa shape index (κ3) is 3.78. The minimum Gasteiger partial charge on any atom is -0.251 e. The van der Waals surface area contributed by atoms with Crippen molar-refractivity contribution in [1.82, 2.24) is 9.44 Å². The van der Waals surface area contributed by atoms with Crippen molar-refractivity contribution in [3.8, 4) is 0 Å². The Morgan fingerprint density at radius 3 is 1.89 bits per heavy atom. The molecule has 1 fully saturated rings. The van der Waals surface area contributed by atoms with E-state index in [0.717, 1.165) is 13.1 Å². The first kappa shape index (κ1) is 7.38. The quantitative estimate of drug-likeness (QED) is 0.504. The minimum atomic E-state index is 1.15. The van der Waals surface area contributed by atoms with Crippen LogP contribution in [0, 0.1) is 0 Å². The molecule has 0 amide bonds. The molecule has 1 rings (SSSR count). The van der Waals surface area contributed by atoms with E-state index in [1.54, 1.807) is 12.1 Å². The standard InChI is InChI=1S/C6H14N2S/c1-2-4-6-8-9-7-5-3-1/h7-8H,1-6H2. The van der Waals surface area contributed by atoms with E-state index in [0.29, 0.717) is 0 Å². The Hall–Kier alpha value is 0.270. The van der Waals surface area contributed by atoms with E-state index in [9.17, 15) is 0 Å². The van der Waals surface area contributed by atoms with Crippen LogP contribution in [-0.2, 0) is 0 Å². The molecule has 0 bridgehead atoms. The van der Waals surface area contributed by atoms with E-state index < -0.39 is 0 Å².